The fourth-order valence-electron chi connectivity index (χ4n) is 1.25. The molecule has 1 rings (SSSR count). The molecule has 90 valence electrons. The molecule has 1 aromatic rings. The second-order valence-corrected chi connectivity index (χ2v) is 4.01. The summed E-state index contributed by atoms with van der Waals surface area (Å²) in [4.78, 5) is 1.68. The molecule has 0 aliphatic carbocycles. The Balaban J connectivity index is 3.19. The van der Waals surface area contributed by atoms with E-state index in [0.717, 1.165) is 6.92 Å². The van der Waals surface area contributed by atoms with E-state index < -0.39 is 11.8 Å². The van der Waals surface area contributed by atoms with Crippen LogP contribution in [0.1, 0.15) is 12.5 Å². The van der Waals surface area contributed by atoms with Crippen LogP contribution in [0.5, 0.6) is 0 Å². The SMILES string of the molecule is CN(C)c1cccc(C(C)(O)C(F)(F)F)c1. The third-order valence-electron chi connectivity index (χ3n) is 2.48. The lowest BCUT2D eigenvalue weighted by Crippen LogP contribution is -2.39. The third-order valence-corrected chi connectivity index (χ3v) is 2.48. The number of benzene rings is 1. The molecule has 0 fully saturated rings. The van der Waals surface area contributed by atoms with Crippen LogP contribution >= 0.6 is 0 Å². The van der Waals surface area contributed by atoms with E-state index in [-0.39, 0.29) is 5.56 Å². The quantitative estimate of drug-likeness (QED) is 0.848. The molecule has 1 aromatic carbocycles. The normalized spacial score (nSPS) is 15.7. The van der Waals surface area contributed by atoms with Crippen LogP contribution in [0.15, 0.2) is 24.3 Å². The predicted octanol–water partition coefficient (Wildman–Crippen LogP) is 2.52. The summed E-state index contributed by atoms with van der Waals surface area (Å²) in [6.07, 6.45) is -4.68. The summed E-state index contributed by atoms with van der Waals surface area (Å²) in [5.74, 6) is 0. The van der Waals surface area contributed by atoms with E-state index in [0.29, 0.717) is 5.69 Å². The van der Waals surface area contributed by atoms with Crippen LogP contribution in [0.2, 0.25) is 0 Å². The lowest BCUT2D eigenvalue weighted by atomic mass is 9.95. The van der Waals surface area contributed by atoms with Gasteiger partial charge < -0.3 is 10.0 Å². The van der Waals surface area contributed by atoms with Crippen molar-refractivity contribution in [2.24, 2.45) is 0 Å². The van der Waals surface area contributed by atoms with Crippen LogP contribution in [0.4, 0.5) is 18.9 Å². The molecule has 0 aliphatic heterocycles. The van der Waals surface area contributed by atoms with Crippen LogP contribution in [-0.4, -0.2) is 25.4 Å². The Morgan fingerprint density at radius 1 is 1.19 bits per heavy atom. The molecular formula is C11H14F3NO. The first kappa shape index (κ1) is 12.8. The molecule has 0 radical (unpaired) electrons. The molecule has 16 heavy (non-hydrogen) atoms. The van der Waals surface area contributed by atoms with Crippen LogP contribution in [0, 0.1) is 0 Å². The maximum atomic E-state index is 12.6. The van der Waals surface area contributed by atoms with E-state index in [1.54, 1.807) is 25.1 Å². The van der Waals surface area contributed by atoms with Crippen molar-refractivity contribution in [2.45, 2.75) is 18.7 Å². The molecule has 0 aliphatic rings. The highest BCUT2D eigenvalue weighted by Crippen LogP contribution is 2.39. The Bertz CT molecular complexity index is 372. The predicted molar refractivity (Wildman–Crippen MR) is 56.4 cm³/mol. The minimum atomic E-state index is -4.68. The lowest BCUT2D eigenvalue weighted by Gasteiger charge is -2.27. The second-order valence-electron chi connectivity index (χ2n) is 4.01. The van der Waals surface area contributed by atoms with Gasteiger partial charge in [-0.1, -0.05) is 12.1 Å². The Labute approximate surface area is 92.3 Å². The van der Waals surface area contributed by atoms with E-state index in [1.807, 2.05) is 0 Å². The van der Waals surface area contributed by atoms with Crippen molar-refractivity contribution in [3.05, 3.63) is 29.8 Å². The second kappa shape index (κ2) is 3.97. The number of hydrogen-bond donors (Lipinski definition) is 1. The summed E-state index contributed by atoms with van der Waals surface area (Å²) in [5.41, 5.74) is -2.37. The minimum absolute atomic E-state index is 0.161. The molecule has 0 saturated carbocycles. The smallest absolute Gasteiger partial charge is 0.378 e. The third kappa shape index (κ3) is 2.29. The van der Waals surface area contributed by atoms with Gasteiger partial charge in [0.2, 0.25) is 0 Å². The highest BCUT2D eigenvalue weighted by atomic mass is 19.4. The molecule has 0 aromatic heterocycles. The van der Waals surface area contributed by atoms with Crippen molar-refractivity contribution in [1.29, 1.82) is 0 Å². The van der Waals surface area contributed by atoms with Crippen molar-refractivity contribution in [2.75, 3.05) is 19.0 Å². The number of aliphatic hydroxyl groups is 1. The van der Waals surface area contributed by atoms with E-state index in [9.17, 15) is 18.3 Å². The van der Waals surface area contributed by atoms with Gasteiger partial charge in [-0.3, -0.25) is 0 Å². The van der Waals surface area contributed by atoms with E-state index in [4.69, 9.17) is 0 Å². The van der Waals surface area contributed by atoms with Gasteiger partial charge >= 0.3 is 6.18 Å². The van der Waals surface area contributed by atoms with E-state index in [2.05, 4.69) is 0 Å². The van der Waals surface area contributed by atoms with Gasteiger partial charge in [-0.05, 0) is 24.6 Å². The zero-order chi connectivity index (χ0) is 12.6. The first-order valence-corrected chi connectivity index (χ1v) is 4.73. The van der Waals surface area contributed by atoms with Crippen LogP contribution in [0.3, 0.4) is 0 Å². The van der Waals surface area contributed by atoms with Gasteiger partial charge in [0.05, 0.1) is 0 Å². The molecule has 0 saturated heterocycles. The standard InChI is InChI=1S/C11H14F3NO/c1-10(16,11(12,13)14)8-5-4-6-9(7-8)15(2)3/h4-7,16H,1-3H3. The summed E-state index contributed by atoms with van der Waals surface area (Å²) in [6, 6.07) is 5.76. The average Bonchev–Trinajstić information content (AvgIpc) is 2.16. The summed E-state index contributed by atoms with van der Waals surface area (Å²) in [7, 11) is 3.45. The van der Waals surface area contributed by atoms with Crippen molar-refractivity contribution in [3.63, 3.8) is 0 Å². The van der Waals surface area contributed by atoms with Crippen LogP contribution < -0.4 is 4.90 Å². The van der Waals surface area contributed by atoms with Gasteiger partial charge in [0.1, 0.15) is 0 Å². The maximum absolute atomic E-state index is 12.6. The number of halogens is 3. The minimum Gasteiger partial charge on any atom is -0.378 e. The molecule has 5 heteroatoms. The summed E-state index contributed by atoms with van der Waals surface area (Å²) >= 11 is 0. The van der Waals surface area contributed by atoms with Crippen molar-refractivity contribution < 1.29 is 18.3 Å². The fourth-order valence-corrected chi connectivity index (χ4v) is 1.25. The molecule has 0 heterocycles. The molecule has 0 amide bonds. The van der Waals surface area contributed by atoms with Gasteiger partial charge in [-0.2, -0.15) is 13.2 Å². The van der Waals surface area contributed by atoms with Crippen LogP contribution in [0.25, 0.3) is 0 Å². The monoisotopic (exact) mass is 233 g/mol. The van der Waals surface area contributed by atoms with Gasteiger partial charge in [-0.25, -0.2) is 0 Å². The van der Waals surface area contributed by atoms with E-state index in [1.165, 1.54) is 18.2 Å². The first-order valence-electron chi connectivity index (χ1n) is 4.73. The van der Waals surface area contributed by atoms with E-state index >= 15 is 0 Å². The van der Waals surface area contributed by atoms with Gasteiger partial charge in [-0.15, -0.1) is 0 Å². The number of rotatable bonds is 2. The van der Waals surface area contributed by atoms with Gasteiger partial charge in [0.25, 0.3) is 0 Å². The highest BCUT2D eigenvalue weighted by molar-refractivity contribution is 5.48. The van der Waals surface area contributed by atoms with Crippen molar-refractivity contribution in [3.8, 4) is 0 Å². The lowest BCUT2D eigenvalue weighted by molar-refractivity contribution is -0.258. The zero-order valence-electron chi connectivity index (χ0n) is 9.34. The summed E-state index contributed by atoms with van der Waals surface area (Å²) in [5, 5.41) is 9.49. The van der Waals surface area contributed by atoms with Crippen molar-refractivity contribution in [1.82, 2.24) is 0 Å². The molecule has 1 unspecified atom stereocenters. The maximum Gasteiger partial charge on any atom is 0.421 e. The van der Waals surface area contributed by atoms with Crippen molar-refractivity contribution >= 4 is 5.69 Å². The van der Waals surface area contributed by atoms with Gasteiger partial charge in [0, 0.05) is 19.8 Å². The van der Waals surface area contributed by atoms with Gasteiger partial charge in [0.15, 0.2) is 5.60 Å². The molecule has 1 N–H and O–H groups in total. The average molecular weight is 233 g/mol. The molecular weight excluding hydrogens is 219 g/mol. The number of nitrogens with zero attached hydrogens (tertiary/aromatic N) is 1. The summed E-state index contributed by atoms with van der Waals surface area (Å²) in [6.45, 7) is 0.752. The Hall–Kier alpha value is -1.23. The molecule has 1 atom stereocenters. The zero-order valence-corrected chi connectivity index (χ0v) is 9.34. The molecule has 2 nitrogen and oxygen atoms in total. The summed E-state index contributed by atoms with van der Waals surface area (Å²) < 4.78 is 37.8. The molecule has 0 bridgehead atoms. The van der Waals surface area contributed by atoms with Crippen LogP contribution in [-0.2, 0) is 5.60 Å². The Morgan fingerprint density at radius 2 is 1.75 bits per heavy atom. The number of anilines is 1. The highest BCUT2D eigenvalue weighted by Gasteiger charge is 2.51. The topological polar surface area (TPSA) is 23.5 Å². The number of alkyl halides is 3. The number of hydrogen-bond acceptors (Lipinski definition) is 2. The first-order chi connectivity index (χ1) is 7.16. The largest absolute Gasteiger partial charge is 0.421 e. The Kier molecular flexibility index (Phi) is 3.19. The fraction of sp³-hybridized carbons (Fsp3) is 0.455. The molecule has 0 spiro atoms. The Morgan fingerprint density at radius 3 is 2.19 bits per heavy atom.